The Labute approximate surface area is 54.5 Å². The fraction of sp³-hybridized carbons (Fsp3) is 0.667. The second kappa shape index (κ2) is 3.15. The maximum absolute atomic E-state index is 3.26. The van der Waals surface area contributed by atoms with Crippen molar-refractivity contribution in [3.63, 3.8) is 0 Å². The molecule has 0 bridgehead atoms. The van der Waals surface area contributed by atoms with E-state index in [0.717, 1.165) is 13.1 Å². The van der Waals surface area contributed by atoms with E-state index in [2.05, 4.69) is 17.6 Å². The topological polar surface area (TPSA) is 12.0 Å². The van der Waals surface area contributed by atoms with Gasteiger partial charge in [0.1, 0.15) is 0 Å². The first-order chi connectivity index (χ1) is 3.93. The fourth-order valence-electron chi connectivity index (χ4n) is 0.787. The van der Waals surface area contributed by atoms with Gasteiger partial charge in [-0.25, -0.2) is 0 Å². The lowest BCUT2D eigenvalue weighted by Gasteiger charge is -2.10. The van der Waals surface area contributed by atoms with Crippen LogP contribution in [-0.2, 0) is 0 Å². The van der Waals surface area contributed by atoms with Crippen molar-refractivity contribution < 1.29 is 0 Å². The van der Waals surface area contributed by atoms with E-state index in [1.54, 1.807) is 0 Å². The highest BCUT2D eigenvalue weighted by Crippen LogP contribution is 2.15. The van der Waals surface area contributed by atoms with Gasteiger partial charge in [-0.15, -0.1) is 11.8 Å². The maximum atomic E-state index is 3.26. The Hall–Kier alpha value is 0.0500. The van der Waals surface area contributed by atoms with Crippen molar-refractivity contribution in [2.24, 2.45) is 0 Å². The molecule has 0 radical (unpaired) electrons. The summed E-state index contributed by atoms with van der Waals surface area (Å²) in [5.41, 5.74) is 0. The van der Waals surface area contributed by atoms with Gasteiger partial charge in [0.05, 0.1) is 0 Å². The lowest BCUT2D eigenvalue weighted by atomic mass is 10.3. The van der Waals surface area contributed by atoms with Gasteiger partial charge < -0.3 is 5.32 Å². The third-order valence-corrected chi connectivity index (χ3v) is 2.18. The molecule has 0 fully saturated rings. The van der Waals surface area contributed by atoms with E-state index in [-0.39, 0.29) is 0 Å². The minimum Gasteiger partial charge on any atom is -0.313 e. The van der Waals surface area contributed by atoms with Gasteiger partial charge in [-0.05, 0) is 24.1 Å². The normalized spacial score (nSPS) is 20.4. The van der Waals surface area contributed by atoms with Gasteiger partial charge in [-0.1, -0.05) is 6.08 Å². The molecule has 2 heteroatoms. The van der Waals surface area contributed by atoms with Crippen LogP contribution in [0.15, 0.2) is 11.0 Å². The smallest absolute Gasteiger partial charge is 0.0145 e. The summed E-state index contributed by atoms with van der Waals surface area (Å²) >= 11 is 1.87. The SMILES string of the molecule is CSC1=CCNCC1. The van der Waals surface area contributed by atoms with Crippen molar-refractivity contribution >= 4 is 11.8 Å². The summed E-state index contributed by atoms with van der Waals surface area (Å²) in [5.74, 6) is 0. The quantitative estimate of drug-likeness (QED) is 0.571. The number of rotatable bonds is 1. The summed E-state index contributed by atoms with van der Waals surface area (Å²) in [6.07, 6.45) is 5.62. The molecule has 0 aliphatic carbocycles. The average Bonchev–Trinajstić information content (AvgIpc) is 1.90. The van der Waals surface area contributed by atoms with Gasteiger partial charge >= 0.3 is 0 Å². The van der Waals surface area contributed by atoms with E-state index >= 15 is 0 Å². The summed E-state index contributed by atoms with van der Waals surface area (Å²) in [5, 5.41) is 3.26. The molecule has 46 valence electrons. The Balaban J connectivity index is 2.37. The zero-order valence-electron chi connectivity index (χ0n) is 5.11. The second-order valence-electron chi connectivity index (χ2n) is 1.83. The minimum atomic E-state index is 1.07. The molecule has 1 aliphatic heterocycles. The summed E-state index contributed by atoms with van der Waals surface area (Å²) < 4.78 is 0. The van der Waals surface area contributed by atoms with Gasteiger partial charge in [-0.2, -0.15) is 0 Å². The van der Waals surface area contributed by atoms with Crippen molar-refractivity contribution in [3.05, 3.63) is 11.0 Å². The fourth-order valence-corrected chi connectivity index (χ4v) is 1.34. The molecular formula is C6H11NS. The first kappa shape index (κ1) is 6.17. The van der Waals surface area contributed by atoms with E-state index in [0.29, 0.717) is 0 Å². The lowest BCUT2D eigenvalue weighted by molar-refractivity contribution is 0.723. The summed E-state index contributed by atoms with van der Waals surface area (Å²) in [7, 11) is 0. The van der Waals surface area contributed by atoms with Crippen LogP contribution in [0, 0.1) is 0 Å². The summed E-state index contributed by atoms with van der Waals surface area (Å²) in [4.78, 5) is 1.53. The molecule has 0 spiro atoms. The van der Waals surface area contributed by atoms with Gasteiger partial charge in [0.15, 0.2) is 0 Å². The lowest BCUT2D eigenvalue weighted by Crippen LogP contribution is -2.19. The minimum absolute atomic E-state index is 1.07. The summed E-state index contributed by atoms with van der Waals surface area (Å²) in [6.45, 7) is 2.23. The van der Waals surface area contributed by atoms with E-state index in [1.165, 1.54) is 11.3 Å². The van der Waals surface area contributed by atoms with Crippen molar-refractivity contribution in [2.75, 3.05) is 19.3 Å². The Morgan fingerprint density at radius 1 is 1.75 bits per heavy atom. The second-order valence-corrected chi connectivity index (χ2v) is 2.76. The van der Waals surface area contributed by atoms with E-state index < -0.39 is 0 Å². The van der Waals surface area contributed by atoms with Crippen molar-refractivity contribution in [3.8, 4) is 0 Å². The predicted octanol–water partition coefficient (Wildman–Crippen LogP) is 1.23. The Morgan fingerprint density at radius 3 is 3.00 bits per heavy atom. The van der Waals surface area contributed by atoms with Crippen LogP contribution in [0.3, 0.4) is 0 Å². The predicted molar refractivity (Wildman–Crippen MR) is 39.1 cm³/mol. The molecule has 1 aliphatic rings. The summed E-state index contributed by atoms with van der Waals surface area (Å²) in [6, 6.07) is 0. The average molecular weight is 129 g/mol. The standard InChI is InChI=1S/C6H11NS/c1-8-6-2-4-7-5-3-6/h2,7H,3-5H2,1H3. The van der Waals surface area contributed by atoms with Crippen LogP contribution >= 0.6 is 11.8 Å². The zero-order valence-corrected chi connectivity index (χ0v) is 5.92. The van der Waals surface area contributed by atoms with Gasteiger partial charge in [0.2, 0.25) is 0 Å². The van der Waals surface area contributed by atoms with Crippen LogP contribution < -0.4 is 5.32 Å². The largest absolute Gasteiger partial charge is 0.313 e. The molecule has 0 aromatic heterocycles. The molecule has 1 N–H and O–H groups in total. The first-order valence-corrected chi connectivity index (χ1v) is 4.09. The molecule has 0 atom stereocenters. The molecule has 1 nitrogen and oxygen atoms in total. The molecule has 8 heavy (non-hydrogen) atoms. The van der Waals surface area contributed by atoms with Crippen molar-refractivity contribution in [1.82, 2.24) is 5.32 Å². The highest BCUT2D eigenvalue weighted by Gasteiger charge is 1.98. The molecule has 0 aromatic carbocycles. The number of thioether (sulfide) groups is 1. The Kier molecular flexibility index (Phi) is 2.43. The van der Waals surface area contributed by atoms with Crippen molar-refractivity contribution in [2.45, 2.75) is 6.42 Å². The number of nitrogens with one attached hydrogen (secondary N) is 1. The number of hydrogen-bond acceptors (Lipinski definition) is 2. The molecule has 0 aromatic rings. The van der Waals surface area contributed by atoms with Crippen LogP contribution in [0.4, 0.5) is 0 Å². The maximum Gasteiger partial charge on any atom is 0.0145 e. The molecule has 0 saturated carbocycles. The Morgan fingerprint density at radius 2 is 2.62 bits per heavy atom. The monoisotopic (exact) mass is 129 g/mol. The van der Waals surface area contributed by atoms with Crippen LogP contribution in [0.5, 0.6) is 0 Å². The highest BCUT2D eigenvalue weighted by molar-refractivity contribution is 8.02. The molecular weight excluding hydrogens is 118 g/mol. The Bertz CT molecular complexity index is 98.7. The highest BCUT2D eigenvalue weighted by atomic mass is 32.2. The van der Waals surface area contributed by atoms with Crippen LogP contribution in [0.25, 0.3) is 0 Å². The van der Waals surface area contributed by atoms with E-state index in [1.807, 2.05) is 11.8 Å². The zero-order chi connectivity index (χ0) is 5.82. The van der Waals surface area contributed by atoms with Crippen molar-refractivity contribution in [1.29, 1.82) is 0 Å². The van der Waals surface area contributed by atoms with E-state index in [4.69, 9.17) is 0 Å². The van der Waals surface area contributed by atoms with Crippen LogP contribution in [-0.4, -0.2) is 19.3 Å². The molecule has 1 rings (SSSR count). The van der Waals surface area contributed by atoms with Gasteiger partial charge in [0, 0.05) is 6.54 Å². The molecule has 1 heterocycles. The molecule has 0 unspecified atom stereocenters. The van der Waals surface area contributed by atoms with Crippen LogP contribution in [0.2, 0.25) is 0 Å². The molecule has 0 saturated heterocycles. The van der Waals surface area contributed by atoms with Crippen LogP contribution in [0.1, 0.15) is 6.42 Å². The van der Waals surface area contributed by atoms with Gasteiger partial charge in [0.25, 0.3) is 0 Å². The number of hydrogen-bond donors (Lipinski definition) is 1. The third-order valence-electron chi connectivity index (χ3n) is 1.28. The molecule has 0 amide bonds. The third kappa shape index (κ3) is 1.53. The van der Waals surface area contributed by atoms with E-state index in [9.17, 15) is 0 Å². The van der Waals surface area contributed by atoms with Gasteiger partial charge in [-0.3, -0.25) is 0 Å². The first-order valence-electron chi connectivity index (χ1n) is 2.87.